The molecule has 2 aromatic rings. The molecule has 1 fully saturated rings. The Labute approximate surface area is 134 Å². The van der Waals surface area contributed by atoms with Gasteiger partial charge in [0.25, 0.3) is 0 Å². The minimum atomic E-state index is 0.521. The molecule has 1 saturated carbocycles. The van der Waals surface area contributed by atoms with E-state index in [1.807, 2.05) is 11.8 Å². The fraction of sp³-hybridized carbons (Fsp3) is 0.600. The van der Waals surface area contributed by atoms with Crippen molar-refractivity contribution in [2.24, 2.45) is 0 Å². The second kappa shape index (κ2) is 6.40. The minimum Gasteiger partial charge on any atom is -0.366 e. The molecule has 0 aliphatic heterocycles. The standard InChI is InChI=1S/C15H22N4S2/c1-4-16-15-18-13(10-8-9(2)21-14(10)19-15)17-11-6-5-7-12(11)20-3/h8,11-12H,4-7H2,1-3H3,(H2,16,17,18,19). The van der Waals surface area contributed by atoms with Crippen LogP contribution in [0.1, 0.15) is 31.1 Å². The second-order valence-corrected chi connectivity index (χ2v) is 7.77. The van der Waals surface area contributed by atoms with Crippen molar-refractivity contribution in [3.63, 3.8) is 0 Å². The summed E-state index contributed by atoms with van der Waals surface area (Å²) >= 11 is 3.70. The highest BCUT2D eigenvalue weighted by Gasteiger charge is 2.27. The van der Waals surface area contributed by atoms with Crippen LogP contribution in [-0.2, 0) is 0 Å². The summed E-state index contributed by atoms with van der Waals surface area (Å²) in [5, 5.41) is 8.78. The molecule has 1 aliphatic rings. The van der Waals surface area contributed by atoms with Crippen molar-refractivity contribution in [2.75, 3.05) is 23.4 Å². The average Bonchev–Trinajstić information content (AvgIpc) is 3.04. The summed E-state index contributed by atoms with van der Waals surface area (Å²) in [5.74, 6) is 1.72. The van der Waals surface area contributed by atoms with E-state index in [1.165, 1.54) is 24.1 Å². The lowest BCUT2D eigenvalue weighted by atomic mass is 10.2. The van der Waals surface area contributed by atoms with Crippen molar-refractivity contribution in [3.8, 4) is 0 Å². The van der Waals surface area contributed by atoms with Gasteiger partial charge in [-0.05, 0) is 39.0 Å². The van der Waals surface area contributed by atoms with Gasteiger partial charge in [-0.2, -0.15) is 16.7 Å². The van der Waals surface area contributed by atoms with Crippen LogP contribution in [0.5, 0.6) is 0 Å². The van der Waals surface area contributed by atoms with E-state index in [0.29, 0.717) is 11.3 Å². The third-order valence-corrected chi connectivity index (χ3v) is 6.04. The fourth-order valence-electron chi connectivity index (χ4n) is 2.94. The lowest BCUT2D eigenvalue weighted by molar-refractivity contribution is 0.764. The number of hydrogen-bond donors (Lipinski definition) is 2. The molecule has 3 rings (SSSR count). The Bertz CT molecular complexity index is 625. The lowest BCUT2D eigenvalue weighted by Gasteiger charge is -2.20. The maximum Gasteiger partial charge on any atom is 0.226 e. The number of thioether (sulfide) groups is 1. The van der Waals surface area contributed by atoms with Crippen molar-refractivity contribution in [2.45, 2.75) is 44.4 Å². The van der Waals surface area contributed by atoms with Crippen LogP contribution in [0.15, 0.2) is 6.07 Å². The molecule has 0 amide bonds. The molecular formula is C15H22N4S2. The number of aryl methyl sites for hydroxylation is 1. The van der Waals surface area contributed by atoms with E-state index < -0.39 is 0 Å². The highest BCUT2D eigenvalue weighted by molar-refractivity contribution is 7.99. The molecular weight excluding hydrogens is 300 g/mol. The Kier molecular flexibility index (Phi) is 4.54. The van der Waals surface area contributed by atoms with Gasteiger partial charge in [-0.1, -0.05) is 6.42 Å². The van der Waals surface area contributed by atoms with E-state index in [4.69, 9.17) is 4.98 Å². The Balaban J connectivity index is 1.95. The predicted molar refractivity (Wildman–Crippen MR) is 94.9 cm³/mol. The summed E-state index contributed by atoms with van der Waals surface area (Å²) in [6.45, 7) is 5.04. The van der Waals surface area contributed by atoms with Gasteiger partial charge in [0, 0.05) is 22.7 Å². The number of anilines is 2. The lowest BCUT2D eigenvalue weighted by Crippen LogP contribution is -2.26. The molecule has 2 N–H and O–H groups in total. The molecule has 2 atom stereocenters. The van der Waals surface area contributed by atoms with Gasteiger partial charge in [-0.25, -0.2) is 4.98 Å². The van der Waals surface area contributed by atoms with Gasteiger partial charge in [0.2, 0.25) is 5.95 Å². The first kappa shape index (κ1) is 14.9. The third-order valence-electron chi connectivity index (χ3n) is 3.93. The zero-order chi connectivity index (χ0) is 14.8. The highest BCUT2D eigenvalue weighted by Crippen LogP contribution is 2.34. The molecule has 114 valence electrons. The smallest absolute Gasteiger partial charge is 0.226 e. The number of fused-ring (bicyclic) bond motifs is 1. The molecule has 6 heteroatoms. The first-order valence-electron chi connectivity index (χ1n) is 7.52. The van der Waals surface area contributed by atoms with Crippen LogP contribution < -0.4 is 10.6 Å². The summed E-state index contributed by atoms with van der Waals surface area (Å²) in [4.78, 5) is 11.7. The van der Waals surface area contributed by atoms with Crippen molar-refractivity contribution in [1.29, 1.82) is 0 Å². The highest BCUT2D eigenvalue weighted by atomic mass is 32.2. The Morgan fingerprint density at radius 1 is 1.38 bits per heavy atom. The third kappa shape index (κ3) is 3.11. The van der Waals surface area contributed by atoms with E-state index >= 15 is 0 Å². The van der Waals surface area contributed by atoms with E-state index in [-0.39, 0.29) is 0 Å². The van der Waals surface area contributed by atoms with E-state index in [9.17, 15) is 0 Å². The fourth-order valence-corrected chi connectivity index (χ4v) is 4.75. The normalized spacial score (nSPS) is 21.9. The van der Waals surface area contributed by atoms with Gasteiger partial charge >= 0.3 is 0 Å². The topological polar surface area (TPSA) is 49.8 Å². The van der Waals surface area contributed by atoms with Crippen LogP contribution in [0, 0.1) is 6.92 Å². The largest absolute Gasteiger partial charge is 0.366 e. The molecule has 0 aromatic carbocycles. The Hall–Kier alpha value is -1.01. The molecule has 4 nitrogen and oxygen atoms in total. The Morgan fingerprint density at radius 3 is 3.00 bits per heavy atom. The first-order chi connectivity index (χ1) is 10.2. The number of thiophene rings is 1. The molecule has 1 aliphatic carbocycles. The zero-order valence-corrected chi connectivity index (χ0v) is 14.4. The van der Waals surface area contributed by atoms with Gasteiger partial charge in [0.1, 0.15) is 10.6 Å². The Morgan fingerprint density at radius 2 is 2.24 bits per heavy atom. The molecule has 2 heterocycles. The zero-order valence-electron chi connectivity index (χ0n) is 12.8. The van der Waals surface area contributed by atoms with Gasteiger partial charge in [0.05, 0.1) is 5.39 Å². The number of hydrogen-bond acceptors (Lipinski definition) is 6. The molecule has 21 heavy (non-hydrogen) atoms. The number of rotatable bonds is 5. The summed E-state index contributed by atoms with van der Waals surface area (Å²) < 4.78 is 0. The van der Waals surface area contributed by atoms with Gasteiger partial charge < -0.3 is 10.6 Å². The van der Waals surface area contributed by atoms with Crippen LogP contribution in [0.2, 0.25) is 0 Å². The predicted octanol–water partition coefficient (Wildman–Crippen LogP) is 4.13. The van der Waals surface area contributed by atoms with Crippen molar-refractivity contribution in [1.82, 2.24) is 9.97 Å². The van der Waals surface area contributed by atoms with Crippen molar-refractivity contribution < 1.29 is 0 Å². The number of aromatic nitrogens is 2. The number of nitrogens with one attached hydrogen (secondary N) is 2. The van der Waals surface area contributed by atoms with Crippen molar-refractivity contribution in [3.05, 3.63) is 10.9 Å². The van der Waals surface area contributed by atoms with Crippen LogP contribution >= 0.6 is 23.1 Å². The van der Waals surface area contributed by atoms with Crippen molar-refractivity contribution >= 4 is 45.1 Å². The molecule has 0 radical (unpaired) electrons. The summed E-state index contributed by atoms with van der Waals surface area (Å²) in [5.41, 5.74) is 0. The molecule has 0 spiro atoms. The average molecular weight is 323 g/mol. The van der Waals surface area contributed by atoms with Crippen LogP contribution in [-0.4, -0.2) is 34.1 Å². The van der Waals surface area contributed by atoms with Crippen LogP contribution in [0.3, 0.4) is 0 Å². The van der Waals surface area contributed by atoms with Gasteiger partial charge in [-0.15, -0.1) is 11.3 Å². The molecule has 0 saturated heterocycles. The SMILES string of the molecule is CCNc1nc(NC2CCCC2SC)c2cc(C)sc2n1. The molecule has 0 bridgehead atoms. The first-order valence-corrected chi connectivity index (χ1v) is 9.63. The minimum absolute atomic E-state index is 0.521. The molecule has 2 aromatic heterocycles. The summed E-state index contributed by atoms with van der Waals surface area (Å²) in [7, 11) is 0. The maximum absolute atomic E-state index is 4.70. The van der Waals surface area contributed by atoms with Crippen LogP contribution in [0.25, 0.3) is 10.2 Å². The van der Waals surface area contributed by atoms with Gasteiger partial charge in [-0.3, -0.25) is 0 Å². The van der Waals surface area contributed by atoms with E-state index in [1.54, 1.807) is 11.3 Å². The summed E-state index contributed by atoms with van der Waals surface area (Å²) in [6.07, 6.45) is 6.05. The van der Waals surface area contributed by atoms with Crippen LogP contribution in [0.4, 0.5) is 11.8 Å². The van der Waals surface area contributed by atoms with E-state index in [2.05, 4.69) is 41.8 Å². The monoisotopic (exact) mass is 322 g/mol. The number of nitrogens with zero attached hydrogens (tertiary/aromatic N) is 2. The maximum atomic E-state index is 4.70. The second-order valence-electron chi connectivity index (χ2n) is 5.46. The van der Waals surface area contributed by atoms with E-state index in [0.717, 1.165) is 28.5 Å². The quantitative estimate of drug-likeness (QED) is 0.867. The molecule has 2 unspecified atom stereocenters. The summed E-state index contributed by atoms with van der Waals surface area (Å²) in [6, 6.07) is 2.72. The van der Waals surface area contributed by atoms with Gasteiger partial charge in [0.15, 0.2) is 0 Å².